The first kappa shape index (κ1) is 25.4. The third-order valence-corrected chi connectivity index (χ3v) is 8.92. The Labute approximate surface area is 208 Å². The van der Waals surface area contributed by atoms with Crippen molar-refractivity contribution in [1.82, 2.24) is 14.6 Å². The molecule has 4 rings (SSSR count). The largest absolute Gasteiger partial charge is 0.366 e. The minimum absolute atomic E-state index is 0.129. The molecule has 35 heavy (non-hydrogen) atoms. The first-order valence-corrected chi connectivity index (χ1v) is 14.2. The molecule has 1 aliphatic rings. The van der Waals surface area contributed by atoms with Crippen molar-refractivity contribution in [3.05, 3.63) is 59.3 Å². The summed E-state index contributed by atoms with van der Waals surface area (Å²) in [6, 6.07) is 12.5. The Balaban J connectivity index is 1.61. The number of benzene rings is 2. The summed E-state index contributed by atoms with van der Waals surface area (Å²) in [5.41, 5.74) is 11.4. The number of nitrogens with two attached hydrogens (primary N) is 1. The van der Waals surface area contributed by atoms with Crippen molar-refractivity contribution in [2.24, 2.45) is 5.73 Å². The summed E-state index contributed by atoms with van der Waals surface area (Å²) in [6.45, 7) is 6.87. The number of piperidine rings is 1. The van der Waals surface area contributed by atoms with Crippen LogP contribution in [0.5, 0.6) is 0 Å². The molecule has 2 heterocycles. The Morgan fingerprint density at radius 2 is 1.80 bits per heavy atom. The topological polar surface area (TPSA) is 108 Å². The lowest BCUT2D eigenvalue weighted by Crippen LogP contribution is -2.38. The Bertz CT molecular complexity index is 1270. The van der Waals surface area contributed by atoms with Crippen molar-refractivity contribution in [3.63, 3.8) is 0 Å². The van der Waals surface area contributed by atoms with Crippen LogP contribution < -0.4 is 11.1 Å². The minimum atomic E-state index is -3.17. The number of rotatable bonds is 10. The van der Waals surface area contributed by atoms with Crippen LogP contribution >= 0.6 is 0 Å². The van der Waals surface area contributed by atoms with Crippen LogP contribution in [0.25, 0.3) is 22.0 Å². The smallest absolute Gasteiger partial charge is 0.250 e. The molecule has 1 aromatic heterocycles. The molecule has 0 saturated carbocycles. The van der Waals surface area contributed by atoms with Gasteiger partial charge >= 0.3 is 0 Å². The van der Waals surface area contributed by atoms with Gasteiger partial charge < -0.3 is 16.0 Å². The minimum Gasteiger partial charge on any atom is -0.366 e. The molecule has 7 nitrogen and oxygen atoms in total. The Hall–Kier alpha value is -2.68. The lowest BCUT2D eigenvalue weighted by molar-refractivity contribution is 0.100. The molecule has 1 saturated heterocycles. The maximum Gasteiger partial charge on any atom is 0.250 e. The summed E-state index contributed by atoms with van der Waals surface area (Å²) in [4.78, 5) is 15.6. The van der Waals surface area contributed by atoms with Crippen molar-refractivity contribution in [1.29, 1.82) is 0 Å². The number of hydrogen-bond donors (Lipinski definition) is 3. The lowest BCUT2D eigenvalue weighted by Gasteiger charge is -2.31. The molecule has 4 N–H and O–H groups in total. The number of aromatic amines is 1. The van der Waals surface area contributed by atoms with Gasteiger partial charge in [-0.2, -0.15) is 0 Å². The summed E-state index contributed by atoms with van der Waals surface area (Å²) in [6.07, 6.45) is 5.57. The van der Waals surface area contributed by atoms with E-state index < -0.39 is 15.9 Å². The van der Waals surface area contributed by atoms with Gasteiger partial charge in [-0.3, -0.25) is 4.79 Å². The molecule has 0 aliphatic carbocycles. The number of nitrogens with zero attached hydrogens (tertiary/aromatic N) is 1. The molecular weight excluding hydrogens is 460 g/mol. The van der Waals surface area contributed by atoms with Gasteiger partial charge in [0.05, 0.1) is 16.8 Å². The predicted molar refractivity (Wildman–Crippen MR) is 142 cm³/mol. The average molecular weight is 497 g/mol. The number of aromatic nitrogens is 1. The number of carbonyl (C=O) groups is 1. The molecular formula is C27H36N4O3S. The molecule has 3 aromatic rings. The van der Waals surface area contributed by atoms with E-state index in [1.54, 1.807) is 11.2 Å². The zero-order valence-corrected chi connectivity index (χ0v) is 21.5. The Morgan fingerprint density at radius 3 is 2.43 bits per heavy atom. The molecule has 0 atom stereocenters. The van der Waals surface area contributed by atoms with Crippen LogP contribution in [-0.4, -0.2) is 55.5 Å². The number of sulfonamides is 1. The molecule has 8 heteroatoms. The Kier molecular flexibility index (Phi) is 7.94. The first-order chi connectivity index (χ1) is 16.8. The van der Waals surface area contributed by atoms with E-state index in [9.17, 15) is 13.2 Å². The van der Waals surface area contributed by atoms with Crippen LogP contribution in [0, 0.1) is 0 Å². The highest BCUT2D eigenvalue weighted by Crippen LogP contribution is 2.37. The fraction of sp³-hybridized carbons (Fsp3) is 0.444. The second-order valence-electron chi connectivity index (χ2n) is 9.33. The third kappa shape index (κ3) is 5.60. The van der Waals surface area contributed by atoms with Crippen LogP contribution in [0.1, 0.15) is 60.5 Å². The van der Waals surface area contributed by atoms with Gasteiger partial charge in [0.15, 0.2) is 0 Å². The van der Waals surface area contributed by atoms with E-state index in [2.05, 4.69) is 47.6 Å². The summed E-state index contributed by atoms with van der Waals surface area (Å²) < 4.78 is 26.1. The summed E-state index contributed by atoms with van der Waals surface area (Å²) in [5.74, 6) is -0.113. The monoisotopic (exact) mass is 496 g/mol. The number of nitrogens with one attached hydrogen (secondary N) is 2. The van der Waals surface area contributed by atoms with E-state index in [1.165, 1.54) is 5.56 Å². The maximum absolute atomic E-state index is 12.3. The van der Waals surface area contributed by atoms with Crippen molar-refractivity contribution in [3.8, 4) is 11.1 Å². The summed E-state index contributed by atoms with van der Waals surface area (Å²) in [5, 5.41) is 4.41. The molecule has 188 valence electrons. The fourth-order valence-electron chi connectivity index (χ4n) is 4.98. The molecule has 1 aliphatic heterocycles. The molecule has 0 unspecified atom stereocenters. The Morgan fingerprint density at radius 1 is 1.09 bits per heavy atom. The zero-order chi connectivity index (χ0) is 25.0. The number of carbonyl (C=O) groups excluding carboxylic acids is 1. The van der Waals surface area contributed by atoms with Crippen LogP contribution in [0.4, 0.5) is 0 Å². The van der Waals surface area contributed by atoms with E-state index >= 15 is 0 Å². The van der Waals surface area contributed by atoms with Crippen molar-refractivity contribution in [2.75, 3.05) is 31.9 Å². The molecule has 1 fully saturated rings. The van der Waals surface area contributed by atoms with Crippen LogP contribution in [0.2, 0.25) is 0 Å². The average Bonchev–Trinajstić information content (AvgIpc) is 3.30. The quantitative estimate of drug-likeness (QED) is 0.369. The zero-order valence-electron chi connectivity index (χ0n) is 20.6. The number of H-pyrrole nitrogens is 1. The van der Waals surface area contributed by atoms with E-state index in [0.29, 0.717) is 18.7 Å². The summed E-state index contributed by atoms with van der Waals surface area (Å²) in [7, 11) is -3.17. The van der Waals surface area contributed by atoms with Gasteiger partial charge in [-0.25, -0.2) is 12.7 Å². The first-order valence-electron chi connectivity index (χ1n) is 12.6. The number of amides is 1. The SMILES string of the molecule is CCCNCCc1ccc(-c2cc(C(N)=O)c3[nH]cc(C4CCN(S(=O)(=O)CC)CC4)c3c2)cc1. The number of hydrogen-bond acceptors (Lipinski definition) is 4. The molecule has 1 amide bonds. The number of primary amides is 1. The van der Waals surface area contributed by atoms with E-state index in [1.807, 2.05) is 12.3 Å². The van der Waals surface area contributed by atoms with Crippen molar-refractivity contribution in [2.45, 2.75) is 45.4 Å². The van der Waals surface area contributed by atoms with Gasteiger partial charge in [0.2, 0.25) is 10.0 Å². The molecule has 0 spiro atoms. The number of fused-ring (bicyclic) bond motifs is 1. The fourth-order valence-corrected chi connectivity index (χ4v) is 6.11. The second-order valence-corrected chi connectivity index (χ2v) is 11.6. The normalized spacial score (nSPS) is 15.6. The standard InChI is InChI=1S/C27H36N4O3S/c1-3-12-29-13-9-19-5-7-20(8-6-19)22-16-23-25(18-30-26(23)24(17-22)27(28)32)21-10-14-31(15-11-21)35(33,34)4-2/h5-8,16-18,21,29-30H,3-4,9-15H2,1-2H3,(H2,28,32). The van der Waals surface area contributed by atoms with Crippen LogP contribution in [0.15, 0.2) is 42.6 Å². The highest BCUT2D eigenvalue weighted by Gasteiger charge is 2.29. The second kappa shape index (κ2) is 10.9. The van der Waals surface area contributed by atoms with Gasteiger partial charge in [-0.1, -0.05) is 31.2 Å². The third-order valence-electron chi connectivity index (χ3n) is 7.04. The van der Waals surface area contributed by atoms with Crippen LogP contribution in [0.3, 0.4) is 0 Å². The molecule has 0 radical (unpaired) electrons. The summed E-state index contributed by atoms with van der Waals surface area (Å²) >= 11 is 0. The highest BCUT2D eigenvalue weighted by atomic mass is 32.2. The van der Waals surface area contributed by atoms with Crippen molar-refractivity contribution >= 4 is 26.8 Å². The van der Waals surface area contributed by atoms with Gasteiger partial charge in [-0.05, 0) is 86.0 Å². The van der Waals surface area contributed by atoms with Gasteiger partial charge in [0, 0.05) is 24.7 Å². The van der Waals surface area contributed by atoms with Crippen LogP contribution in [-0.2, 0) is 16.4 Å². The van der Waals surface area contributed by atoms with E-state index in [0.717, 1.165) is 66.4 Å². The van der Waals surface area contributed by atoms with Gasteiger partial charge in [-0.15, -0.1) is 0 Å². The highest BCUT2D eigenvalue weighted by molar-refractivity contribution is 7.89. The van der Waals surface area contributed by atoms with Gasteiger partial charge in [0.25, 0.3) is 5.91 Å². The van der Waals surface area contributed by atoms with E-state index in [-0.39, 0.29) is 11.7 Å². The van der Waals surface area contributed by atoms with E-state index in [4.69, 9.17) is 5.73 Å². The molecule has 0 bridgehead atoms. The maximum atomic E-state index is 12.3. The molecule has 2 aromatic carbocycles. The lowest BCUT2D eigenvalue weighted by atomic mass is 9.88. The van der Waals surface area contributed by atoms with Gasteiger partial charge in [0.1, 0.15) is 0 Å². The van der Waals surface area contributed by atoms with Crippen molar-refractivity contribution < 1.29 is 13.2 Å². The predicted octanol–water partition coefficient (Wildman–Crippen LogP) is 4.01.